The Labute approximate surface area is 147 Å². The van der Waals surface area contributed by atoms with E-state index in [2.05, 4.69) is 5.11 Å². The van der Waals surface area contributed by atoms with Crippen molar-refractivity contribution in [3.63, 3.8) is 0 Å². The Morgan fingerprint density at radius 1 is 1.59 bits per heavy atom. The van der Waals surface area contributed by atoms with Crippen molar-refractivity contribution in [2.24, 2.45) is 5.92 Å². The summed E-state index contributed by atoms with van der Waals surface area (Å²) in [5.74, 6) is -1.94. The summed E-state index contributed by atoms with van der Waals surface area (Å²) < 4.78 is 109. The zero-order valence-electron chi connectivity index (χ0n) is 23.5. The van der Waals surface area contributed by atoms with Crippen LogP contribution in [0.4, 0.5) is 0 Å². The number of ether oxygens (including phenoxy) is 2. The molecule has 116 valence electrons. The Hall–Kier alpha value is -1.52. The van der Waals surface area contributed by atoms with Crippen LogP contribution in [-0.4, -0.2) is 50.2 Å². The number of nitrogens with zero attached hydrogens (tertiary/aromatic N) is 1. The molecule has 2 aliphatic carbocycles. The Balaban J connectivity index is 1.89. The molecule has 1 spiro atoms. The van der Waals surface area contributed by atoms with Crippen LogP contribution in [-0.2, 0) is 11.8 Å². The Morgan fingerprint density at radius 2 is 2.59 bits per heavy atom. The van der Waals surface area contributed by atoms with E-state index >= 15 is 0 Å². The van der Waals surface area contributed by atoms with E-state index in [1.54, 1.807) is 0 Å². The first kappa shape index (κ1) is 5.84. The van der Waals surface area contributed by atoms with Gasteiger partial charge in [-0.05, 0) is 38.0 Å². The third-order valence-corrected chi connectivity index (χ3v) is 5.21. The van der Waals surface area contributed by atoms with Gasteiger partial charge in [-0.15, -0.1) is 0 Å². The molecule has 0 amide bonds. The van der Waals surface area contributed by atoms with Gasteiger partial charge in [-0.3, -0.25) is 0 Å². The van der Waals surface area contributed by atoms with E-state index in [1.165, 1.54) is 6.08 Å². The van der Waals surface area contributed by atoms with E-state index in [9.17, 15) is 2.74 Å². The van der Waals surface area contributed by atoms with Crippen molar-refractivity contribution in [2.75, 3.05) is 20.6 Å². The average Bonchev–Trinajstić information content (AvgIpc) is 2.97. The minimum absolute atomic E-state index is 0.0647. The topological polar surface area (TPSA) is 41.9 Å². The second kappa shape index (κ2) is 4.06. The van der Waals surface area contributed by atoms with Crippen LogP contribution >= 0.6 is 0 Å². The molecular weight excluding hydrogens is 278 g/mol. The third-order valence-electron chi connectivity index (χ3n) is 5.21. The summed E-state index contributed by atoms with van der Waals surface area (Å²) in [4.78, 5) is 1.01. The SMILES string of the molecule is [2H]OC1([2H])C=C[C@H]2[C@@]3([2H])Cc4c([2H])c([2H])c(OC([2H])([2H])[2H])c5c4[C@@]2(CCN3C([2H])([2H])[2H])C1([2H])O5. The molecule has 2 heterocycles. The maximum Gasteiger partial charge on any atom is 0.211 e. The normalized spacial score (nSPS) is 60.1. The zero-order valence-corrected chi connectivity index (χ0v) is 11.5. The van der Waals surface area contributed by atoms with Crippen molar-refractivity contribution in [3.8, 4) is 11.5 Å². The number of likely N-dealkylation sites (tertiary alicyclic amines) is 1. The van der Waals surface area contributed by atoms with Crippen LogP contribution in [0.1, 0.15) is 32.6 Å². The molecule has 1 fully saturated rings. The number of benzene rings is 1. The molecular formula is C18H21NO3. The van der Waals surface area contributed by atoms with Gasteiger partial charge in [-0.1, -0.05) is 18.2 Å². The lowest BCUT2D eigenvalue weighted by Gasteiger charge is -2.56. The second-order valence-electron chi connectivity index (χ2n) is 6.04. The fourth-order valence-corrected chi connectivity index (χ4v) is 4.35. The van der Waals surface area contributed by atoms with Crippen molar-refractivity contribution in [2.45, 2.75) is 36.4 Å². The monoisotopic (exact) mass is 311 g/mol. The van der Waals surface area contributed by atoms with Crippen LogP contribution in [0.5, 0.6) is 11.5 Å². The quantitative estimate of drug-likeness (QED) is 0.841. The first-order chi connectivity index (χ1) is 15.5. The van der Waals surface area contributed by atoms with Gasteiger partial charge in [-0.25, -0.2) is 0 Å². The number of likely N-dealkylation sites (N-methyl/N-ethyl adjacent to an activating group) is 1. The zero-order chi connectivity index (χ0) is 25.3. The van der Waals surface area contributed by atoms with Gasteiger partial charge in [0.05, 0.1) is 16.6 Å². The van der Waals surface area contributed by atoms with E-state index in [-0.39, 0.29) is 36.3 Å². The summed E-state index contributed by atoms with van der Waals surface area (Å²) in [6, 6.07) is -3.02. The first-order valence-corrected chi connectivity index (χ1v) is 7.13. The summed E-state index contributed by atoms with van der Waals surface area (Å²) >= 11 is 0. The highest BCUT2D eigenvalue weighted by Crippen LogP contribution is 2.62. The van der Waals surface area contributed by atoms with Gasteiger partial charge < -0.3 is 19.5 Å². The molecule has 4 heteroatoms. The molecule has 0 saturated carbocycles. The maximum atomic E-state index is 9.33. The molecule has 1 aromatic carbocycles. The Kier molecular flexibility index (Phi) is 1.08. The van der Waals surface area contributed by atoms with Gasteiger partial charge in [0.1, 0.15) is 12.2 Å². The van der Waals surface area contributed by atoms with Crippen LogP contribution in [0.25, 0.3) is 0 Å². The first-order valence-electron chi connectivity index (χ1n) is 13.0. The molecule has 1 N–H and O–H groups in total. The smallest absolute Gasteiger partial charge is 0.211 e. The molecule has 2 bridgehead atoms. The van der Waals surface area contributed by atoms with Gasteiger partial charge in [0, 0.05) is 28.4 Å². The molecule has 4 aliphatic rings. The number of rotatable bonds is 2. The van der Waals surface area contributed by atoms with E-state index in [0.717, 1.165) is 11.0 Å². The van der Waals surface area contributed by atoms with Gasteiger partial charge in [-0.2, -0.15) is 0 Å². The summed E-state index contributed by atoms with van der Waals surface area (Å²) in [6.45, 7) is -2.87. The van der Waals surface area contributed by atoms with Crippen molar-refractivity contribution in [1.29, 1.82) is 1.43 Å². The van der Waals surface area contributed by atoms with Gasteiger partial charge in [0.25, 0.3) is 0 Å². The van der Waals surface area contributed by atoms with Crippen molar-refractivity contribution in [1.82, 2.24) is 4.90 Å². The van der Waals surface area contributed by atoms with E-state index in [1.807, 2.05) is 0 Å². The van der Waals surface area contributed by atoms with Crippen LogP contribution in [0, 0.1) is 5.92 Å². The minimum atomic E-state index is -3.02. The molecule has 2 aliphatic heterocycles. The van der Waals surface area contributed by atoms with Crippen molar-refractivity contribution in [3.05, 3.63) is 35.4 Å². The second-order valence-corrected chi connectivity index (χ2v) is 6.04. The predicted molar refractivity (Wildman–Crippen MR) is 82.5 cm³/mol. The van der Waals surface area contributed by atoms with Gasteiger partial charge in [0.2, 0.25) is 1.43 Å². The predicted octanol–water partition coefficient (Wildman–Crippen LogP) is 1.50. The summed E-state index contributed by atoms with van der Waals surface area (Å²) in [6.07, 6.45) is -2.86. The third kappa shape index (κ3) is 1.28. The maximum absolute atomic E-state index is 9.33. The van der Waals surface area contributed by atoms with Crippen molar-refractivity contribution < 1.29 is 29.7 Å². The van der Waals surface area contributed by atoms with Crippen LogP contribution < -0.4 is 9.47 Å². The minimum Gasteiger partial charge on any atom is -0.493 e. The number of hydrogen-bond donors (Lipinski definition) is 1. The molecule has 1 saturated heterocycles. The van der Waals surface area contributed by atoms with Crippen LogP contribution in [0.2, 0.25) is 0 Å². The van der Waals surface area contributed by atoms with Crippen LogP contribution in [0.15, 0.2) is 24.2 Å². The van der Waals surface area contributed by atoms with E-state index < -0.39 is 61.4 Å². The summed E-state index contributed by atoms with van der Waals surface area (Å²) in [5, 5.41) is 4.64. The number of aliphatic hydroxyl groups is 1. The molecule has 0 aromatic heterocycles. The standard InChI is InChI=1S/C18H21NO3/c1-19-8-7-18-11-4-5-13(20)17(18)22-16-14(21-2)6-3-10(15(16)18)9-12(11)19/h3-6,11-13,17,20H,7-9H2,1-2H3/t11-,12+,13?,17?,18-/m0/s1/i1D3,2D3,3D,6D,12D,13D,17D,20D. The fourth-order valence-electron chi connectivity index (χ4n) is 4.35. The highest BCUT2D eigenvalue weighted by atomic mass is 16.5. The Morgan fingerprint density at radius 3 is 3.45 bits per heavy atom. The largest absolute Gasteiger partial charge is 0.493 e. The van der Waals surface area contributed by atoms with Gasteiger partial charge >= 0.3 is 0 Å². The summed E-state index contributed by atoms with van der Waals surface area (Å²) in [7, 11) is -3.02. The number of hydrogen-bond acceptors (Lipinski definition) is 4. The molecule has 4 nitrogen and oxygen atoms in total. The number of methoxy groups -OCH3 is 1. The van der Waals surface area contributed by atoms with Crippen LogP contribution in [0.3, 0.4) is 0 Å². The van der Waals surface area contributed by atoms with E-state index in [4.69, 9.17) is 23.2 Å². The molecule has 0 radical (unpaired) electrons. The lowest BCUT2D eigenvalue weighted by molar-refractivity contribution is -0.0453. The Bertz CT molecular complexity index is 1120. The molecule has 1 aromatic rings. The summed E-state index contributed by atoms with van der Waals surface area (Å²) in [5.41, 5.74) is -1.42. The highest BCUT2D eigenvalue weighted by Gasteiger charge is 2.64. The van der Waals surface area contributed by atoms with Gasteiger partial charge in [0.15, 0.2) is 11.5 Å². The van der Waals surface area contributed by atoms with E-state index in [0.29, 0.717) is 0 Å². The van der Waals surface area contributed by atoms with Crippen molar-refractivity contribution >= 4 is 0 Å². The lowest BCUT2D eigenvalue weighted by atomic mass is 9.53. The molecule has 2 unspecified atom stereocenters. The molecule has 22 heavy (non-hydrogen) atoms. The highest BCUT2D eigenvalue weighted by molar-refractivity contribution is 5.62. The fraction of sp³-hybridized carbons (Fsp3) is 0.556. The number of piperidine rings is 1. The molecule has 5 atom stereocenters. The average molecular weight is 311 g/mol. The molecule has 5 rings (SSSR count). The lowest BCUT2D eigenvalue weighted by Crippen LogP contribution is -2.64.